The van der Waals surface area contributed by atoms with Crippen LogP contribution in [0, 0.1) is 0 Å². The summed E-state index contributed by atoms with van der Waals surface area (Å²) in [6.45, 7) is 1.70. The number of rotatable bonds is 7. The molecule has 1 unspecified atom stereocenters. The van der Waals surface area contributed by atoms with E-state index >= 15 is 0 Å². The molecule has 0 fully saturated rings. The highest BCUT2D eigenvalue weighted by Crippen LogP contribution is 2.27. The molecule has 0 aliphatic carbocycles. The number of Topliss-reactive ketones (excluding diaryl/α,β-unsaturated/α-hetero) is 1. The van der Waals surface area contributed by atoms with Crippen LogP contribution in [0.15, 0.2) is 65.6 Å². The summed E-state index contributed by atoms with van der Waals surface area (Å²) >= 11 is 1.68. The second-order valence-electron chi connectivity index (χ2n) is 4.91. The maximum absolute atomic E-state index is 11.8. The van der Waals surface area contributed by atoms with Crippen LogP contribution in [0.3, 0.4) is 0 Å². The molecular weight excluding hydrogens is 264 g/mol. The van der Waals surface area contributed by atoms with Gasteiger partial charge in [-0.15, -0.1) is 11.8 Å². The van der Waals surface area contributed by atoms with Crippen LogP contribution in [0.1, 0.15) is 25.3 Å². The number of hydrogen-bond donors (Lipinski definition) is 0. The highest BCUT2D eigenvalue weighted by atomic mass is 32.2. The maximum atomic E-state index is 11.8. The van der Waals surface area contributed by atoms with E-state index < -0.39 is 0 Å². The first-order valence-corrected chi connectivity index (χ1v) is 7.90. The van der Waals surface area contributed by atoms with Crippen molar-refractivity contribution in [2.24, 2.45) is 0 Å². The lowest BCUT2D eigenvalue weighted by molar-refractivity contribution is -0.116. The topological polar surface area (TPSA) is 17.1 Å². The molecule has 0 amide bonds. The van der Waals surface area contributed by atoms with Crippen molar-refractivity contribution in [2.75, 3.05) is 0 Å². The minimum atomic E-state index is 0.0705. The molecule has 0 aliphatic rings. The average molecular weight is 284 g/mol. The van der Waals surface area contributed by atoms with Crippen molar-refractivity contribution in [2.45, 2.75) is 36.3 Å². The molecular formula is C18H20OS. The smallest absolute Gasteiger partial charge is 0.143 e. The summed E-state index contributed by atoms with van der Waals surface area (Å²) in [7, 11) is 0. The van der Waals surface area contributed by atoms with Crippen LogP contribution >= 0.6 is 11.8 Å². The molecule has 0 spiro atoms. The van der Waals surface area contributed by atoms with Gasteiger partial charge in [-0.3, -0.25) is 4.79 Å². The van der Waals surface area contributed by atoms with Crippen molar-refractivity contribution in [1.82, 2.24) is 0 Å². The molecule has 0 radical (unpaired) electrons. The predicted octanol–water partition coefficient (Wildman–Crippen LogP) is 4.76. The molecule has 0 saturated carbocycles. The van der Waals surface area contributed by atoms with Crippen molar-refractivity contribution in [1.29, 1.82) is 0 Å². The van der Waals surface area contributed by atoms with Crippen LogP contribution in [-0.4, -0.2) is 11.0 Å². The largest absolute Gasteiger partial charge is 0.299 e. The monoisotopic (exact) mass is 284 g/mol. The van der Waals surface area contributed by atoms with Gasteiger partial charge in [0.25, 0.3) is 0 Å². The van der Waals surface area contributed by atoms with Gasteiger partial charge in [-0.05, 0) is 43.9 Å². The molecule has 0 bridgehead atoms. The zero-order valence-corrected chi connectivity index (χ0v) is 12.6. The lowest BCUT2D eigenvalue weighted by Gasteiger charge is -2.13. The lowest BCUT2D eigenvalue weighted by Crippen LogP contribution is -2.13. The molecule has 1 atom stereocenters. The summed E-state index contributed by atoms with van der Waals surface area (Å²) in [5.74, 6) is 0.270. The number of carbonyl (C=O) groups excluding carboxylic acids is 1. The molecule has 0 N–H and O–H groups in total. The minimum Gasteiger partial charge on any atom is -0.299 e. The molecule has 2 aromatic rings. The van der Waals surface area contributed by atoms with Crippen LogP contribution in [0.25, 0.3) is 0 Å². The number of carbonyl (C=O) groups is 1. The Kier molecular flexibility index (Phi) is 5.87. The Morgan fingerprint density at radius 1 is 1.00 bits per heavy atom. The molecule has 20 heavy (non-hydrogen) atoms. The number of benzene rings is 2. The molecule has 104 valence electrons. The summed E-state index contributed by atoms with van der Waals surface area (Å²) in [6, 6.07) is 20.6. The first kappa shape index (κ1) is 14.9. The number of aryl methyl sites for hydroxylation is 1. The number of thioether (sulfide) groups is 1. The van der Waals surface area contributed by atoms with Gasteiger partial charge in [0, 0.05) is 4.90 Å². The van der Waals surface area contributed by atoms with Crippen molar-refractivity contribution < 1.29 is 4.79 Å². The highest BCUT2D eigenvalue weighted by molar-refractivity contribution is 8.00. The maximum Gasteiger partial charge on any atom is 0.143 e. The Labute approximate surface area is 125 Å². The van der Waals surface area contributed by atoms with Crippen LogP contribution in [-0.2, 0) is 11.2 Å². The third kappa shape index (κ3) is 4.86. The van der Waals surface area contributed by atoms with Gasteiger partial charge in [0.05, 0.1) is 5.25 Å². The van der Waals surface area contributed by atoms with Crippen LogP contribution in [0.2, 0.25) is 0 Å². The molecule has 0 saturated heterocycles. The van der Waals surface area contributed by atoms with Gasteiger partial charge >= 0.3 is 0 Å². The van der Waals surface area contributed by atoms with E-state index in [2.05, 4.69) is 36.4 Å². The summed E-state index contributed by atoms with van der Waals surface area (Å²) in [5.41, 5.74) is 1.35. The van der Waals surface area contributed by atoms with E-state index in [0.29, 0.717) is 0 Å². The fourth-order valence-electron chi connectivity index (χ4n) is 2.14. The van der Waals surface area contributed by atoms with E-state index in [4.69, 9.17) is 0 Å². The first-order chi connectivity index (χ1) is 9.75. The molecule has 2 rings (SSSR count). The van der Waals surface area contributed by atoms with E-state index in [-0.39, 0.29) is 11.0 Å². The summed E-state index contributed by atoms with van der Waals surface area (Å²) < 4.78 is 0. The van der Waals surface area contributed by atoms with Gasteiger partial charge in [0.15, 0.2) is 0 Å². The molecule has 1 nitrogen and oxygen atoms in total. The fraction of sp³-hybridized carbons (Fsp3) is 0.278. The van der Waals surface area contributed by atoms with Gasteiger partial charge in [0.1, 0.15) is 5.78 Å². The Balaban J connectivity index is 1.85. The van der Waals surface area contributed by atoms with Gasteiger partial charge in [-0.1, -0.05) is 48.5 Å². The third-order valence-electron chi connectivity index (χ3n) is 3.25. The molecule has 2 heteroatoms. The molecule has 0 aromatic heterocycles. The summed E-state index contributed by atoms with van der Waals surface area (Å²) in [6.07, 6.45) is 3.03. The highest BCUT2D eigenvalue weighted by Gasteiger charge is 2.15. The standard InChI is InChI=1S/C18H20OS/c1-15(19)18(20-17-12-6-3-7-13-17)14-8-11-16-9-4-2-5-10-16/h2-7,9-10,12-13,18H,8,11,14H2,1H3. The van der Waals surface area contributed by atoms with E-state index in [1.54, 1.807) is 18.7 Å². The van der Waals surface area contributed by atoms with E-state index in [1.807, 2.05) is 24.3 Å². The Morgan fingerprint density at radius 3 is 2.20 bits per heavy atom. The van der Waals surface area contributed by atoms with Crippen molar-refractivity contribution in [3.63, 3.8) is 0 Å². The molecule has 0 heterocycles. The van der Waals surface area contributed by atoms with E-state index in [0.717, 1.165) is 19.3 Å². The zero-order valence-electron chi connectivity index (χ0n) is 11.8. The van der Waals surface area contributed by atoms with E-state index in [1.165, 1.54) is 10.5 Å². The predicted molar refractivity (Wildman–Crippen MR) is 86.1 cm³/mol. The van der Waals surface area contributed by atoms with Gasteiger partial charge in [-0.25, -0.2) is 0 Å². The summed E-state index contributed by atoms with van der Waals surface area (Å²) in [5, 5.41) is 0.0705. The van der Waals surface area contributed by atoms with Crippen LogP contribution in [0.4, 0.5) is 0 Å². The van der Waals surface area contributed by atoms with Gasteiger partial charge in [-0.2, -0.15) is 0 Å². The SMILES string of the molecule is CC(=O)C(CCCc1ccccc1)Sc1ccccc1. The second kappa shape index (κ2) is 7.91. The van der Waals surface area contributed by atoms with Crippen molar-refractivity contribution >= 4 is 17.5 Å². The van der Waals surface area contributed by atoms with E-state index in [9.17, 15) is 4.79 Å². The average Bonchev–Trinajstić information content (AvgIpc) is 2.48. The fourth-order valence-corrected chi connectivity index (χ4v) is 3.24. The van der Waals surface area contributed by atoms with Crippen LogP contribution < -0.4 is 0 Å². The van der Waals surface area contributed by atoms with Gasteiger partial charge < -0.3 is 0 Å². The second-order valence-corrected chi connectivity index (χ2v) is 6.18. The molecule has 0 aliphatic heterocycles. The number of ketones is 1. The van der Waals surface area contributed by atoms with Gasteiger partial charge in [0.2, 0.25) is 0 Å². The summed E-state index contributed by atoms with van der Waals surface area (Å²) in [4.78, 5) is 12.9. The minimum absolute atomic E-state index is 0.0705. The van der Waals surface area contributed by atoms with Crippen molar-refractivity contribution in [3.8, 4) is 0 Å². The third-order valence-corrected chi connectivity index (χ3v) is 4.65. The molecule has 2 aromatic carbocycles. The normalized spacial score (nSPS) is 12.1. The lowest BCUT2D eigenvalue weighted by atomic mass is 10.1. The van der Waals surface area contributed by atoms with Crippen LogP contribution in [0.5, 0.6) is 0 Å². The Bertz CT molecular complexity index is 522. The quantitative estimate of drug-likeness (QED) is 0.682. The first-order valence-electron chi connectivity index (χ1n) is 7.02. The Hall–Kier alpha value is -1.54. The Morgan fingerprint density at radius 2 is 1.60 bits per heavy atom. The van der Waals surface area contributed by atoms with Crippen molar-refractivity contribution in [3.05, 3.63) is 66.2 Å². The zero-order chi connectivity index (χ0) is 14.2. The number of hydrogen-bond acceptors (Lipinski definition) is 2.